The van der Waals surface area contributed by atoms with Gasteiger partial charge in [-0.1, -0.05) is 112 Å². The number of carbonyl (C=O) groups is 6. The van der Waals surface area contributed by atoms with Crippen LogP contribution in [0.1, 0.15) is 132 Å². The molecule has 2 saturated heterocycles. The summed E-state index contributed by atoms with van der Waals surface area (Å²) in [7, 11) is 5.54. The first kappa shape index (κ1) is 55.3. The summed E-state index contributed by atoms with van der Waals surface area (Å²) in [4.78, 5) is 91.4. The highest BCUT2D eigenvalue weighted by molar-refractivity contribution is 5.93. The van der Waals surface area contributed by atoms with E-state index in [0.717, 1.165) is 50.5 Å². The molecule has 65 heavy (non-hydrogen) atoms. The average molecular weight is 909 g/mol. The maximum atomic E-state index is 14.4. The molecule has 2 heterocycles. The van der Waals surface area contributed by atoms with Gasteiger partial charge in [0.2, 0.25) is 35.4 Å². The Bertz CT molecular complexity index is 1670. The summed E-state index contributed by atoms with van der Waals surface area (Å²) >= 11 is 0. The Hall–Kier alpha value is -4.04. The Kier molecular flexibility index (Phi) is 22.9. The first-order valence-electron chi connectivity index (χ1n) is 24.9. The van der Waals surface area contributed by atoms with Crippen LogP contribution in [0.15, 0.2) is 30.3 Å². The molecule has 2 aliphatic heterocycles. The molecular weight excluding hydrogens is 821 g/mol. The van der Waals surface area contributed by atoms with Crippen LogP contribution in [0.25, 0.3) is 0 Å². The highest BCUT2D eigenvalue weighted by Gasteiger charge is 2.42. The van der Waals surface area contributed by atoms with Crippen molar-refractivity contribution >= 4 is 35.4 Å². The number of benzene rings is 1. The predicted octanol–water partition coefficient (Wildman–Crippen LogP) is 5.23. The normalized spacial score (nSPS) is 20.2. The van der Waals surface area contributed by atoms with Crippen LogP contribution < -0.4 is 21.7 Å². The molecule has 14 heteroatoms. The lowest BCUT2D eigenvalue weighted by Gasteiger charge is -2.40. The lowest BCUT2D eigenvalue weighted by Crippen LogP contribution is -2.58. The number of nitrogens with two attached hydrogens (primary N) is 1. The number of amides is 6. The van der Waals surface area contributed by atoms with Gasteiger partial charge < -0.3 is 36.4 Å². The molecule has 368 valence electrons. The van der Waals surface area contributed by atoms with Gasteiger partial charge in [-0.3, -0.25) is 33.7 Å². The van der Waals surface area contributed by atoms with Crippen LogP contribution in [0.2, 0.25) is 0 Å². The summed E-state index contributed by atoms with van der Waals surface area (Å²) < 4.78 is 0. The van der Waals surface area contributed by atoms with E-state index in [1.807, 2.05) is 103 Å². The van der Waals surface area contributed by atoms with Crippen molar-refractivity contribution in [2.24, 2.45) is 41.2 Å². The van der Waals surface area contributed by atoms with Crippen LogP contribution in [0, 0.1) is 35.5 Å². The number of nitrogens with one attached hydrogen (secondary N) is 3. The van der Waals surface area contributed by atoms with E-state index >= 15 is 0 Å². The average Bonchev–Trinajstić information content (AvgIpc) is 3.97. The summed E-state index contributed by atoms with van der Waals surface area (Å²) in [5.74, 6) is -1.92. The predicted molar refractivity (Wildman–Crippen MR) is 259 cm³/mol. The fourth-order valence-electron chi connectivity index (χ4n) is 10.4. The molecule has 14 nitrogen and oxygen atoms in total. The molecule has 1 aromatic rings. The highest BCUT2D eigenvalue weighted by Crippen LogP contribution is 2.32. The molecule has 0 aliphatic carbocycles. The zero-order chi connectivity index (χ0) is 48.5. The molecule has 7 unspecified atom stereocenters. The van der Waals surface area contributed by atoms with Gasteiger partial charge in [-0.05, 0) is 94.3 Å². The number of hydrogen-bond donors (Lipinski definition) is 4. The van der Waals surface area contributed by atoms with E-state index in [4.69, 9.17) is 5.73 Å². The van der Waals surface area contributed by atoms with Crippen molar-refractivity contribution in [2.45, 2.75) is 169 Å². The zero-order valence-electron chi connectivity index (χ0n) is 42.2. The van der Waals surface area contributed by atoms with Crippen molar-refractivity contribution in [1.82, 2.24) is 35.6 Å². The monoisotopic (exact) mass is 909 g/mol. The lowest BCUT2D eigenvalue weighted by molar-refractivity contribution is -0.143. The third-order valence-corrected chi connectivity index (χ3v) is 14.4. The van der Waals surface area contributed by atoms with Crippen molar-refractivity contribution in [2.75, 3.05) is 47.3 Å². The maximum Gasteiger partial charge on any atom is 0.246 e. The summed E-state index contributed by atoms with van der Waals surface area (Å²) in [6, 6.07) is 6.64. The molecule has 0 aromatic heterocycles. The van der Waals surface area contributed by atoms with E-state index < -0.39 is 24.0 Å². The van der Waals surface area contributed by atoms with Crippen molar-refractivity contribution in [3.63, 3.8) is 0 Å². The SMILES string of the molecule is CCC(C)C(C(C)CC(=O)N1CCCC1C(C)C(C)C(=O)N[C@@H](Cc1ccccc1)C(=O)N1CCC[C@@H]1C(=O)NCCCCCCN)N(C)C(=O)[C@@H](NC(=O)C(C(C)C)N(C)C)C(C)C. The number of likely N-dealkylation sites (tertiary alicyclic amines) is 2. The van der Waals surface area contributed by atoms with Gasteiger partial charge in [-0.2, -0.15) is 0 Å². The second-order valence-corrected chi connectivity index (χ2v) is 20.3. The van der Waals surface area contributed by atoms with Gasteiger partial charge in [-0.15, -0.1) is 0 Å². The minimum atomic E-state index is -0.864. The molecule has 1 aromatic carbocycles. The third kappa shape index (κ3) is 15.5. The topological polar surface area (TPSA) is 177 Å². The van der Waals surface area contributed by atoms with Crippen molar-refractivity contribution in [3.05, 3.63) is 35.9 Å². The van der Waals surface area contributed by atoms with Crippen LogP contribution >= 0.6 is 0 Å². The third-order valence-electron chi connectivity index (χ3n) is 14.4. The molecule has 10 atom stereocenters. The van der Waals surface area contributed by atoms with Gasteiger partial charge >= 0.3 is 0 Å². The van der Waals surface area contributed by atoms with Gasteiger partial charge in [-0.25, -0.2) is 0 Å². The van der Waals surface area contributed by atoms with E-state index in [0.29, 0.717) is 39.0 Å². The maximum absolute atomic E-state index is 14.4. The largest absolute Gasteiger partial charge is 0.354 e. The minimum Gasteiger partial charge on any atom is -0.354 e. The van der Waals surface area contributed by atoms with Gasteiger partial charge in [0.15, 0.2) is 0 Å². The van der Waals surface area contributed by atoms with Gasteiger partial charge in [0.25, 0.3) is 0 Å². The number of hydrogen-bond acceptors (Lipinski definition) is 8. The molecular formula is C51H88N8O6. The smallest absolute Gasteiger partial charge is 0.246 e. The Morgan fingerprint density at radius 3 is 2.00 bits per heavy atom. The molecule has 0 radical (unpaired) electrons. The summed E-state index contributed by atoms with van der Waals surface area (Å²) in [6.45, 7) is 20.3. The first-order valence-corrected chi connectivity index (χ1v) is 24.9. The van der Waals surface area contributed by atoms with E-state index in [1.54, 1.807) is 16.8 Å². The summed E-state index contributed by atoms with van der Waals surface area (Å²) in [5.41, 5.74) is 6.52. The molecule has 2 fully saturated rings. The van der Waals surface area contributed by atoms with Crippen molar-refractivity contribution in [3.8, 4) is 0 Å². The van der Waals surface area contributed by atoms with E-state index in [9.17, 15) is 28.8 Å². The van der Waals surface area contributed by atoms with Gasteiger partial charge in [0, 0.05) is 57.5 Å². The van der Waals surface area contributed by atoms with Crippen LogP contribution in [-0.2, 0) is 35.2 Å². The molecule has 6 amide bonds. The van der Waals surface area contributed by atoms with Crippen LogP contribution in [0.5, 0.6) is 0 Å². The lowest BCUT2D eigenvalue weighted by atomic mass is 9.84. The van der Waals surface area contributed by atoms with Gasteiger partial charge in [0.05, 0.1) is 6.04 Å². The van der Waals surface area contributed by atoms with E-state index in [2.05, 4.69) is 29.8 Å². The van der Waals surface area contributed by atoms with Crippen LogP contribution in [-0.4, -0.2) is 139 Å². The van der Waals surface area contributed by atoms with Crippen LogP contribution in [0.3, 0.4) is 0 Å². The Morgan fingerprint density at radius 2 is 1.40 bits per heavy atom. The second kappa shape index (κ2) is 26.9. The quantitative estimate of drug-likeness (QED) is 0.0914. The van der Waals surface area contributed by atoms with E-state index in [1.165, 1.54) is 0 Å². The molecule has 5 N–H and O–H groups in total. The number of rotatable bonds is 26. The Labute approximate surface area is 392 Å². The van der Waals surface area contributed by atoms with Crippen LogP contribution in [0.4, 0.5) is 0 Å². The number of nitrogens with zero attached hydrogens (tertiary/aromatic N) is 4. The number of carbonyl (C=O) groups excluding carboxylic acids is 6. The molecule has 0 saturated carbocycles. The number of unbranched alkanes of at least 4 members (excludes halogenated alkanes) is 3. The minimum absolute atomic E-state index is 0.000811. The summed E-state index contributed by atoms with van der Waals surface area (Å²) in [5, 5.41) is 9.23. The molecule has 2 aliphatic rings. The molecule has 0 spiro atoms. The fourth-order valence-corrected chi connectivity index (χ4v) is 10.4. The Balaban J connectivity index is 1.74. The highest BCUT2D eigenvalue weighted by atomic mass is 16.2. The van der Waals surface area contributed by atoms with E-state index in [-0.39, 0.29) is 96.0 Å². The van der Waals surface area contributed by atoms with Gasteiger partial charge in [0.1, 0.15) is 18.1 Å². The number of likely N-dealkylation sites (N-methyl/N-ethyl adjacent to an activating group) is 2. The standard InChI is InChI=1S/C51H88N8O6/c1-13-35(6)46(57(12)51(65)44(33(2)3)55-49(63)45(34(4)5)56(10)11)36(7)31-43(60)58-29-21-25-41(58)37(8)38(9)47(61)54-40(32-39-23-17-16-18-24-39)50(64)59-30-22-26-42(59)48(62)53-28-20-15-14-19-27-52/h16-18,23-24,33-38,40-42,44-46H,13-15,19-22,25-32,52H2,1-12H3,(H,53,62)(H,54,61)(H,55,63)/t35?,36?,37?,38?,40-,41?,42+,44-,45?,46?/m0/s1. The van der Waals surface area contributed by atoms with Crippen molar-refractivity contribution < 1.29 is 28.8 Å². The first-order chi connectivity index (χ1) is 30.8. The summed E-state index contributed by atoms with van der Waals surface area (Å²) in [6.07, 6.45) is 8.01. The fraction of sp³-hybridized carbons (Fsp3) is 0.765. The van der Waals surface area contributed by atoms with Crippen molar-refractivity contribution in [1.29, 1.82) is 0 Å². The molecule has 0 bridgehead atoms. The Morgan fingerprint density at radius 1 is 0.769 bits per heavy atom. The second-order valence-electron chi connectivity index (χ2n) is 20.3. The molecule has 3 rings (SSSR count). The zero-order valence-corrected chi connectivity index (χ0v) is 42.2.